The predicted molar refractivity (Wildman–Crippen MR) is 46.2 cm³/mol. The highest BCUT2D eigenvalue weighted by Gasteiger charge is 2.25. The molecule has 0 aromatic carbocycles. The van der Waals surface area contributed by atoms with Crippen LogP contribution in [0.1, 0.15) is 20.3 Å². The Bertz CT molecular complexity index is 141. The van der Waals surface area contributed by atoms with Gasteiger partial charge in [-0.1, -0.05) is 6.92 Å². The third-order valence-corrected chi connectivity index (χ3v) is 1.61. The first-order valence-corrected chi connectivity index (χ1v) is 4.00. The summed E-state index contributed by atoms with van der Waals surface area (Å²) in [6.45, 7) is 4.93. The van der Waals surface area contributed by atoms with Gasteiger partial charge >= 0.3 is 5.97 Å². The van der Waals surface area contributed by atoms with Crippen molar-refractivity contribution < 1.29 is 14.6 Å². The number of carbonyl (C=O) groups is 1. The fourth-order valence-electron chi connectivity index (χ4n) is 1.24. The van der Waals surface area contributed by atoms with Crippen LogP contribution in [0.3, 0.4) is 0 Å². The fraction of sp³-hybridized carbons (Fsp3) is 0.875. The van der Waals surface area contributed by atoms with Crippen LogP contribution in [0.5, 0.6) is 0 Å². The highest BCUT2D eigenvalue weighted by atomic mass is 16.5. The number of rotatable bonds is 6. The predicted octanol–water partition coefficient (Wildman–Crippen LogP) is 0.476. The van der Waals surface area contributed by atoms with Crippen LogP contribution in [0.4, 0.5) is 0 Å². The maximum atomic E-state index is 10.5. The van der Waals surface area contributed by atoms with Crippen LogP contribution in [0.25, 0.3) is 0 Å². The first-order valence-electron chi connectivity index (χ1n) is 4.00. The molecule has 2 N–H and O–H groups in total. The van der Waals surface area contributed by atoms with E-state index in [9.17, 15) is 4.79 Å². The molecule has 0 aromatic rings. The molecule has 0 spiro atoms. The van der Waals surface area contributed by atoms with Gasteiger partial charge in [0.05, 0.1) is 13.0 Å². The lowest BCUT2D eigenvalue weighted by Gasteiger charge is -2.27. The average Bonchev–Trinajstić information content (AvgIpc) is 1.85. The quantitative estimate of drug-likeness (QED) is 0.616. The Kier molecular flexibility index (Phi) is 4.85. The zero-order chi connectivity index (χ0) is 9.61. The van der Waals surface area contributed by atoms with E-state index in [-0.39, 0.29) is 6.42 Å². The van der Waals surface area contributed by atoms with Crippen molar-refractivity contribution in [1.29, 1.82) is 0 Å². The van der Waals surface area contributed by atoms with Gasteiger partial charge in [0.25, 0.3) is 0 Å². The molecule has 0 saturated heterocycles. The maximum absolute atomic E-state index is 10.5. The van der Waals surface area contributed by atoms with Crippen LogP contribution in [-0.4, -0.2) is 36.9 Å². The van der Waals surface area contributed by atoms with Crippen molar-refractivity contribution in [1.82, 2.24) is 5.32 Å². The van der Waals surface area contributed by atoms with Gasteiger partial charge in [-0.05, 0) is 13.5 Å². The molecule has 0 aromatic heterocycles. The Morgan fingerprint density at radius 2 is 2.25 bits per heavy atom. The summed E-state index contributed by atoms with van der Waals surface area (Å²) in [5, 5.41) is 11.7. The minimum Gasteiger partial charge on any atom is -0.481 e. The number of nitrogens with one attached hydrogen (secondary N) is 1. The molecular weight excluding hydrogens is 158 g/mol. The van der Waals surface area contributed by atoms with Crippen molar-refractivity contribution in [2.45, 2.75) is 25.8 Å². The largest absolute Gasteiger partial charge is 0.481 e. The molecular formula is C8H17NO3. The van der Waals surface area contributed by atoms with E-state index in [1.54, 1.807) is 7.11 Å². The monoisotopic (exact) mass is 175 g/mol. The summed E-state index contributed by atoms with van der Waals surface area (Å²) < 4.78 is 4.93. The minimum atomic E-state index is -0.810. The topological polar surface area (TPSA) is 58.6 Å². The van der Waals surface area contributed by atoms with Gasteiger partial charge in [-0.2, -0.15) is 0 Å². The second-order valence-electron chi connectivity index (χ2n) is 3.09. The molecule has 1 unspecified atom stereocenters. The molecule has 0 fully saturated rings. The maximum Gasteiger partial charge on any atom is 0.305 e. The first kappa shape index (κ1) is 11.4. The molecule has 0 aliphatic heterocycles. The van der Waals surface area contributed by atoms with Crippen LogP contribution in [0.2, 0.25) is 0 Å². The normalized spacial score (nSPS) is 15.6. The van der Waals surface area contributed by atoms with Gasteiger partial charge in [0, 0.05) is 12.6 Å². The summed E-state index contributed by atoms with van der Waals surface area (Å²) >= 11 is 0. The Morgan fingerprint density at radius 1 is 1.67 bits per heavy atom. The summed E-state index contributed by atoms with van der Waals surface area (Å²) in [6.07, 6.45) is 0.0781. The van der Waals surface area contributed by atoms with Crippen molar-refractivity contribution >= 4 is 5.97 Å². The third-order valence-electron chi connectivity index (χ3n) is 1.61. The highest BCUT2D eigenvalue weighted by molar-refractivity contribution is 5.68. The molecule has 0 bridgehead atoms. The summed E-state index contributed by atoms with van der Waals surface area (Å²) in [4.78, 5) is 10.5. The number of aliphatic carboxylic acids is 1. The lowest BCUT2D eigenvalue weighted by atomic mass is 9.99. The van der Waals surface area contributed by atoms with Crippen molar-refractivity contribution in [2.24, 2.45) is 0 Å². The standard InChI is InChI=1S/C8H17NO3/c1-4-9-8(2,6-12-3)5-7(10)11/h9H,4-6H2,1-3H3,(H,10,11). The Hall–Kier alpha value is -0.610. The van der Waals surface area contributed by atoms with E-state index in [0.29, 0.717) is 6.61 Å². The second kappa shape index (κ2) is 5.11. The molecule has 4 heteroatoms. The lowest BCUT2D eigenvalue weighted by Crippen LogP contribution is -2.47. The molecule has 0 aliphatic carbocycles. The summed E-state index contributed by atoms with van der Waals surface area (Å²) in [7, 11) is 1.57. The van der Waals surface area contributed by atoms with Gasteiger partial charge in [0.1, 0.15) is 0 Å². The molecule has 0 rings (SSSR count). The number of carboxylic acid groups (broad SMARTS) is 1. The van der Waals surface area contributed by atoms with Crippen LogP contribution >= 0.6 is 0 Å². The summed E-state index contributed by atoms with van der Waals surface area (Å²) in [5.74, 6) is -0.810. The molecule has 0 saturated carbocycles. The first-order chi connectivity index (χ1) is 5.54. The zero-order valence-corrected chi connectivity index (χ0v) is 7.89. The van der Waals surface area contributed by atoms with E-state index in [1.165, 1.54) is 0 Å². The van der Waals surface area contributed by atoms with E-state index in [4.69, 9.17) is 9.84 Å². The van der Waals surface area contributed by atoms with E-state index in [1.807, 2.05) is 13.8 Å². The van der Waals surface area contributed by atoms with Gasteiger partial charge in [-0.15, -0.1) is 0 Å². The van der Waals surface area contributed by atoms with E-state index >= 15 is 0 Å². The van der Waals surface area contributed by atoms with Crippen molar-refractivity contribution in [3.63, 3.8) is 0 Å². The third kappa shape index (κ3) is 4.31. The smallest absolute Gasteiger partial charge is 0.305 e. The molecule has 0 amide bonds. The average molecular weight is 175 g/mol. The van der Waals surface area contributed by atoms with Gasteiger partial charge in [-0.3, -0.25) is 4.79 Å². The SMILES string of the molecule is CCNC(C)(COC)CC(=O)O. The van der Waals surface area contributed by atoms with Gasteiger partial charge < -0.3 is 15.2 Å². The second-order valence-corrected chi connectivity index (χ2v) is 3.09. The van der Waals surface area contributed by atoms with Crippen LogP contribution in [-0.2, 0) is 9.53 Å². The van der Waals surface area contributed by atoms with E-state index in [0.717, 1.165) is 6.54 Å². The Labute approximate surface area is 72.9 Å². The van der Waals surface area contributed by atoms with Crippen LogP contribution in [0.15, 0.2) is 0 Å². The fourth-order valence-corrected chi connectivity index (χ4v) is 1.24. The minimum absolute atomic E-state index is 0.0781. The van der Waals surface area contributed by atoms with E-state index in [2.05, 4.69) is 5.32 Å². The number of likely N-dealkylation sites (N-methyl/N-ethyl adjacent to an activating group) is 1. The highest BCUT2D eigenvalue weighted by Crippen LogP contribution is 2.09. The summed E-state index contributed by atoms with van der Waals surface area (Å²) in [6, 6.07) is 0. The van der Waals surface area contributed by atoms with Crippen LogP contribution in [0, 0.1) is 0 Å². The van der Waals surface area contributed by atoms with Crippen molar-refractivity contribution in [2.75, 3.05) is 20.3 Å². The Balaban J connectivity index is 4.07. The van der Waals surface area contributed by atoms with Gasteiger partial charge in [0.2, 0.25) is 0 Å². The van der Waals surface area contributed by atoms with Crippen LogP contribution < -0.4 is 5.32 Å². The van der Waals surface area contributed by atoms with E-state index < -0.39 is 11.5 Å². The van der Waals surface area contributed by atoms with Crippen molar-refractivity contribution in [3.05, 3.63) is 0 Å². The van der Waals surface area contributed by atoms with Crippen molar-refractivity contribution in [3.8, 4) is 0 Å². The molecule has 4 nitrogen and oxygen atoms in total. The molecule has 72 valence electrons. The van der Waals surface area contributed by atoms with Gasteiger partial charge in [0.15, 0.2) is 0 Å². The number of carboxylic acids is 1. The Morgan fingerprint density at radius 3 is 2.58 bits per heavy atom. The molecule has 0 aliphatic rings. The molecule has 0 radical (unpaired) electrons. The molecule has 12 heavy (non-hydrogen) atoms. The zero-order valence-electron chi connectivity index (χ0n) is 7.89. The number of hydrogen-bond acceptors (Lipinski definition) is 3. The number of hydrogen-bond donors (Lipinski definition) is 2. The number of ether oxygens (including phenoxy) is 1. The molecule has 1 atom stereocenters. The number of methoxy groups -OCH3 is 1. The summed E-state index contributed by atoms with van der Waals surface area (Å²) in [5.41, 5.74) is -0.449. The van der Waals surface area contributed by atoms with Gasteiger partial charge in [-0.25, -0.2) is 0 Å². The lowest BCUT2D eigenvalue weighted by molar-refractivity contribution is -0.139. The molecule has 0 heterocycles.